The van der Waals surface area contributed by atoms with E-state index in [-0.39, 0.29) is 33.6 Å². The number of benzene rings is 8. The number of nitrogens with zero attached hydrogens (tertiary/aromatic N) is 4. The van der Waals surface area contributed by atoms with Crippen LogP contribution in [-0.4, -0.2) is 0 Å². The van der Waals surface area contributed by atoms with Gasteiger partial charge in [0.1, 0.15) is 11.2 Å². The maximum absolute atomic E-state index is 12.4. The third-order valence-electron chi connectivity index (χ3n) is 13.1. The number of anilines is 4. The summed E-state index contributed by atoms with van der Waals surface area (Å²) in [4.78, 5) is 33.7. The van der Waals surface area contributed by atoms with Gasteiger partial charge in [0, 0.05) is 94.2 Å². The van der Waals surface area contributed by atoms with E-state index in [0.29, 0.717) is 24.3 Å². The van der Waals surface area contributed by atoms with Crippen LogP contribution < -0.4 is 30.9 Å². The standard InChI is InChI=1S/2C30H25N2O2.Ag/c2*1-20-13-21(2)30-26(14-20)25(16-29(33)34-30)18-32-19-31(27-9-5-6-10-28(27)32)17-22-11-12-23-7-3-4-8-24(23)15-22;/h2*3-16,19H,17-18H2,1-2H3;/q2*-1;. The van der Waals surface area contributed by atoms with Gasteiger partial charge < -0.3 is 28.4 Å². The molecule has 0 saturated heterocycles. The molecule has 0 amide bonds. The fourth-order valence-corrected chi connectivity index (χ4v) is 10.0. The number of aryl methyl sites for hydroxylation is 4. The summed E-state index contributed by atoms with van der Waals surface area (Å²) in [6.07, 6.45) is 0. The zero-order valence-corrected chi connectivity index (χ0v) is 40.4. The molecule has 0 saturated carbocycles. The van der Waals surface area contributed by atoms with Crippen molar-refractivity contribution in [2.24, 2.45) is 0 Å². The van der Waals surface area contributed by atoms with Crippen LogP contribution in [0.25, 0.3) is 43.5 Å². The summed E-state index contributed by atoms with van der Waals surface area (Å²) in [5, 5.41) is 6.99. The molecule has 0 unspecified atom stereocenters. The molecule has 9 heteroatoms. The van der Waals surface area contributed by atoms with Crippen LogP contribution in [0.3, 0.4) is 0 Å². The van der Waals surface area contributed by atoms with Gasteiger partial charge in [-0.3, -0.25) is 0 Å². The molecule has 12 rings (SSSR count). The van der Waals surface area contributed by atoms with Gasteiger partial charge in [0.2, 0.25) is 0 Å². The Hall–Kier alpha value is -7.36. The minimum atomic E-state index is -0.310. The topological polar surface area (TPSA) is 73.4 Å². The van der Waals surface area contributed by atoms with E-state index in [2.05, 4.69) is 205 Å². The Morgan fingerprint density at radius 3 is 1.13 bits per heavy atom. The van der Waals surface area contributed by atoms with Crippen LogP contribution in [0.15, 0.2) is 188 Å². The van der Waals surface area contributed by atoms with Gasteiger partial charge >= 0.3 is 11.3 Å². The van der Waals surface area contributed by atoms with E-state index in [0.717, 1.165) is 80.0 Å². The molecule has 10 aromatic rings. The van der Waals surface area contributed by atoms with E-state index in [1.165, 1.54) is 32.7 Å². The molecule has 2 aliphatic rings. The van der Waals surface area contributed by atoms with Gasteiger partial charge in [0.05, 0.1) is 0 Å². The van der Waals surface area contributed by atoms with Crippen LogP contribution in [0.1, 0.15) is 44.5 Å². The van der Waals surface area contributed by atoms with Gasteiger partial charge in [0.15, 0.2) is 0 Å². The van der Waals surface area contributed by atoms with Crippen molar-refractivity contribution >= 4 is 66.2 Å². The summed E-state index contributed by atoms with van der Waals surface area (Å²) < 4.78 is 11.1. The van der Waals surface area contributed by atoms with Gasteiger partial charge in [-0.15, -0.1) is 0 Å². The molecule has 8 nitrogen and oxygen atoms in total. The Bertz CT molecular complexity index is 3450. The second kappa shape index (κ2) is 19.0. The van der Waals surface area contributed by atoms with E-state index in [9.17, 15) is 9.59 Å². The van der Waals surface area contributed by atoms with Crippen molar-refractivity contribution in [1.82, 2.24) is 0 Å². The number of para-hydroxylation sites is 4. The van der Waals surface area contributed by atoms with Crippen molar-refractivity contribution in [2.45, 2.75) is 53.9 Å². The maximum Gasteiger partial charge on any atom is 0.336 e. The minimum absolute atomic E-state index is 0. The second-order valence-corrected chi connectivity index (χ2v) is 18.2. The van der Waals surface area contributed by atoms with Crippen LogP contribution >= 0.6 is 0 Å². The Labute approximate surface area is 417 Å². The molecule has 0 bridgehead atoms. The minimum Gasteiger partial charge on any atom is -0.498 e. The zero-order valence-electron chi connectivity index (χ0n) is 38.9. The van der Waals surface area contributed by atoms with Crippen molar-refractivity contribution in [3.8, 4) is 0 Å². The van der Waals surface area contributed by atoms with Gasteiger partial charge in [-0.2, -0.15) is 13.3 Å². The Kier molecular flexibility index (Phi) is 12.5. The van der Waals surface area contributed by atoms with Crippen molar-refractivity contribution in [1.29, 1.82) is 0 Å². The molecular formula is C60H50AgN4O4-2. The smallest absolute Gasteiger partial charge is 0.336 e. The molecule has 69 heavy (non-hydrogen) atoms. The third kappa shape index (κ3) is 9.19. The van der Waals surface area contributed by atoms with Crippen LogP contribution in [0, 0.1) is 41.0 Å². The van der Waals surface area contributed by atoms with Crippen molar-refractivity contribution in [3.63, 3.8) is 0 Å². The van der Waals surface area contributed by atoms with E-state index < -0.39 is 0 Å². The number of hydrogen-bond acceptors (Lipinski definition) is 8. The summed E-state index contributed by atoms with van der Waals surface area (Å²) in [5.41, 5.74) is 14.0. The zero-order chi connectivity index (χ0) is 46.5. The summed E-state index contributed by atoms with van der Waals surface area (Å²) in [6.45, 7) is 15.2. The number of fused-ring (bicyclic) bond motifs is 6. The largest absolute Gasteiger partial charge is 0.498 e. The first-order valence-electron chi connectivity index (χ1n) is 23.1. The van der Waals surface area contributed by atoms with E-state index >= 15 is 0 Å². The molecule has 4 heterocycles. The molecule has 0 aliphatic carbocycles. The predicted octanol–water partition coefficient (Wildman–Crippen LogP) is 13.4. The van der Waals surface area contributed by atoms with Crippen LogP contribution in [0.5, 0.6) is 0 Å². The Balaban J connectivity index is 0.000000158. The third-order valence-corrected chi connectivity index (χ3v) is 13.1. The molecular weight excluding hydrogens is 949 g/mol. The molecule has 2 aromatic heterocycles. The summed E-state index contributed by atoms with van der Waals surface area (Å²) >= 11 is 0. The fourth-order valence-electron chi connectivity index (χ4n) is 10.0. The first kappa shape index (κ1) is 45.4. The molecule has 0 atom stereocenters. The molecule has 8 aromatic carbocycles. The SMILES string of the molecule is Cc1cc(C)c2oc(=O)cc(CN3[CH-]N(Cc4ccc5ccccc5c4)c4ccccc43)c2c1.Cc1cc(C)c2oc(=O)cc(CN3[CH-]N(Cc4ccc5ccccc5c4)c4ccccc43)c2c1.[Ag]. The summed E-state index contributed by atoms with van der Waals surface area (Å²) in [7, 11) is 0. The Morgan fingerprint density at radius 1 is 0.391 bits per heavy atom. The van der Waals surface area contributed by atoms with Gasteiger partial charge in [-0.05, 0) is 142 Å². The van der Waals surface area contributed by atoms with E-state index in [1.807, 2.05) is 13.8 Å². The summed E-state index contributed by atoms with van der Waals surface area (Å²) in [5.74, 6) is 0. The van der Waals surface area contributed by atoms with E-state index in [4.69, 9.17) is 8.83 Å². The van der Waals surface area contributed by atoms with Crippen LogP contribution in [0.4, 0.5) is 22.7 Å². The first-order valence-corrected chi connectivity index (χ1v) is 23.1. The molecule has 0 spiro atoms. The predicted molar refractivity (Wildman–Crippen MR) is 278 cm³/mol. The van der Waals surface area contributed by atoms with E-state index in [1.54, 1.807) is 12.1 Å². The molecule has 347 valence electrons. The van der Waals surface area contributed by atoms with Crippen LogP contribution in [-0.2, 0) is 48.6 Å². The number of hydrogen-bond donors (Lipinski definition) is 0. The summed E-state index contributed by atoms with van der Waals surface area (Å²) in [6, 6.07) is 58.6. The van der Waals surface area contributed by atoms with Crippen molar-refractivity contribution < 1.29 is 31.2 Å². The number of rotatable bonds is 8. The fraction of sp³-hybridized carbons (Fsp3) is 0.133. The molecule has 2 aliphatic heterocycles. The van der Waals surface area contributed by atoms with Gasteiger partial charge in [-0.25, -0.2) is 9.59 Å². The quantitative estimate of drug-likeness (QED) is 0.0847. The van der Waals surface area contributed by atoms with Crippen molar-refractivity contribution in [3.05, 3.63) is 249 Å². The maximum atomic E-state index is 12.4. The second-order valence-electron chi connectivity index (χ2n) is 18.2. The molecule has 0 N–H and O–H groups in total. The Morgan fingerprint density at radius 2 is 0.739 bits per heavy atom. The monoisotopic (exact) mass is 997 g/mol. The van der Waals surface area contributed by atoms with Crippen LogP contribution in [0.2, 0.25) is 0 Å². The van der Waals surface area contributed by atoms with Gasteiger partial charge in [0.25, 0.3) is 0 Å². The van der Waals surface area contributed by atoms with Gasteiger partial charge in [-0.1, -0.05) is 109 Å². The normalized spacial score (nSPS) is 12.9. The average molecular weight is 999 g/mol. The molecule has 0 fully saturated rings. The average Bonchev–Trinajstić information content (AvgIpc) is 3.86. The first-order chi connectivity index (χ1) is 33.1. The molecule has 1 radical (unpaired) electrons. The van der Waals surface area contributed by atoms with Crippen molar-refractivity contribution in [2.75, 3.05) is 19.6 Å².